The number of hydrogen-bond donors (Lipinski definition) is 1. The minimum Gasteiger partial charge on any atom is -0.478 e. The highest BCUT2D eigenvalue weighted by Crippen LogP contribution is 2.33. The molecule has 2 aromatic carbocycles. The number of methoxy groups -OCH3 is 1. The van der Waals surface area contributed by atoms with Crippen molar-refractivity contribution in [1.82, 2.24) is 0 Å². The van der Waals surface area contributed by atoms with E-state index in [-0.39, 0.29) is 0 Å². The van der Waals surface area contributed by atoms with E-state index in [4.69, 9.17) is 23.0 Å². The number of rotatable bonds is 6. The van der Waals surface area contributed by atoms with Gasteiger partial charge in [0.15, 0.2) is 12.1 Å². The highest BCUT2D eigenvalue weighted by Gasteiger charge is 2.41. The van der Waals surface area contributed by atoms with Gasteiger partial charge in [-0.15, -0.1) is 0 Å². The number of hydrogen-bond acceptors (Lipinski definition) is 9. The molecule has 39 heavy (non-hydrogen) atoms. The topological polar surface area (TPSA) is 133 Å². The van der Waals surface area contributed by atoms with E-state index in [2.05, 4.69) is 9.98 Å². The minimum absolute atomic E-state index is 0.328. The summed E-state index contributed by atoms with van der Waals surface area (Å²) in [6.07, 6.45) is 1.16. The van der Waals surface area contributed by atoms with Crippen molar-refractivity contribution in [3.05, 3.63) is 120 Å². The number of ether oxygens (including phenoxy) is 3. The van der Waals surface area contributed by atoms with Crippen molar-refractivity contribution < 1.29 is 37.7 Å². The predicted molar refractivity (Wildman–Crippen MR) is 138 cm³/mol. The molecule has 6 rings (SSSR count). The molecule has 10 heteroatoms. The first kappa shape index (κ1) is 25.5. The lowest BCUT2D eigenvalue weighted by Gasteiger charge is -2.13. The summed E-state index contributed by atoms with van der Waals surface area (Å²) in [6, 6.07) is 24.4. The zero-order chi connectivity index (χ0) is 27.2. The molecule has 2 aromatic heterocycles. The number of aliphatic imine (C=N–C) groups is 2. The number of aliphatic carboxylic acids is 1. The third kappa shape index (κ3) is 5.59. The fourth-order valence-corrected chi connectivity index (χ4v) is 4.09. The highest BCUT2D eigenvalue weighted by molar-refractivity contribution is 5.98. The number of benzene rings is 2. The van der Waals surface area contributed by atoms with Gasteiger partial charge in [0, 0.05) is 11.1 Å². The van der Waals surface area contributed by atoms with Crippen molar-refractivity contribution in [3.8, 4) is 0 Å². The Hall–Kier alpha value is -5.12. The van der Waals surface area contributed by atoms with E-state index in [0.717, 1.165) is 11.1 Å². The first-order chi connectivity index (χ1) is 19.0. The van der Waals surface area contributed by atoms with Crippen LogP contribution in [0, 0.1) is 0 Å². The summed E-state index contributed by atoms with van der Waals surface area (Å²) in [5.41, 5.74) is 1.57. The lowest BCUT2D eigenvalue weighted by molar-refractivity contribution is -0.149. The fraction of sp³-hybridized carbons (Fsp3) is 0.172. The van der Waals surface area contributed by atoms with E-state index in [1.165, 1.54) is 13.4 Å². The molecular formula is C29H24N2O8. The largest absolute Gasteiger partial charge is 0.478 e. The van der Waals surface area contributed by atoms with E-state index in [1.54, 1.807) is 30.5 Å². The zero-order valence-electron chi connectivity index (χ0n) is 20.7. The molecule has 0 fully saturated rings. The van der Waals surface area contributed by atoms with Gasteiger partial charge in [-0.3, -0.25) is 0 Å². The summed E-state index contributed by atoms with van der Waals surface area (Å²) in [7, 11) is 1.32. The molecule has 2 aliphatic heterocycles. The highest BCUT2D eigenvalue weighted by atomic mass is 16.6. The first-order valence-electron chi connectivity index (χ1n) is 12.0. The second kappa shape index (κ2) is 11.5. The molecule has 4 atom stereocenters. The second-order valence-electron chi connectivity index (χ2n) is 8.46. The second-order valence-corrected chi connectivity index (χ2v) is 8.46. The molecule has 0 radical (unpaired) electrons. The van der Waals surface area contributed by atoms with Crippen molar-refractivity contribution in [2.24, 2.45) is 9.98 Å². The van der Waals surface area contributed by atoms with Crippen molar-refractivity contribution in [2.45, 2.75) is 24.3 Å². The monoisotopic (exact) mass is 528 g/mol. The van der Waals surface area contributed by atoms with Crippen molar-refractivity contribution in [2.75, 3.05) is 7.11 Å². The molecular weight excluding hydrogens is 504 g/mol. The van der Waals surface area contributed by atoms with Gasteiger partial charge in [-0.2, -0.15) is 0 Å². The van der Waals surface area contributed by atoms with Crippen LogP contribution in [0.2, 0.25) is 0 Å². The molecule has 4 heterocycles. The Morgan fingerprint density at radius 2 is 1.15 bits per heavy atom. The van der Waals surface area contributed by atoms with Crippen LogP contribution < -0.4 is 0 Å². The van der Waals surface area contributed by atoms with E-state index in [0.29, 0.717) is 23.3 Å². The van der Waals surface area contributed by atoms with Crippen LogP contribution in [-0.2, 0) is 23.8 Å². The molecule has 0 unspecified atom stereocenters. The van der Waals surface area contributed by atoms with E-state index in [1.807, 2.05) is 60.7 Å². The maximum atomic E-state index is 11.8. The third-order valence-electron chi connectivity index (χ3n) is 5.95. The van der Waals surface area contributed by atoms with Crippen molar-refractivity contribution in [1.29, 1.82) is 0 Å². The fourth-order valence-electron chi connectivity index (χ4n) is 4.09. The lowest BCUT2D eigenvalue weighted by atomic mass is 10.1. The van der Waals surface area contributed by atoms with Crippen LogP contribution in [0.1, 0.15) is 34.7 Å². The Balaban J connectivity index is 0.000000158. The zero-order valence-corrected chi connectivity index (χ0v) is 20.7. The summed E-state index contributed by atoms with van der Waals surface area (Å²) in [4.78, 5) is 31.9. The number of esters is 1. The molecule has 0 saturated carbocycles. The maximum Gasteiger partial charge on any atom is 0.349 e. The Kier molecular flexibility index (Phi) is 7.53. The molecule has 1 N–H and O–H groups in total. The van der Waals surface area contributed by atoms with Gasteiger partial charge in [0.25, 0.3) is 0 Å². The Bertz CT molecular complexity index is 1450. The SMILES string of the molecule is COC(=O)[C@@H]1OC(c2ccccc2)=N[C@H]1c1ccco1.O=C(O)[C@@H]1OC(c2ccccc2)=N[C@H]1c1ccco1. The van der Waals surface area contributed by atoms with Crippen LogP contribution in [0.4, 0.5) is 0 Å². The van der Waals surface area contributed by atoms with Gasteiger partial charge >= 0.3 is 11.9 Å². The van der Waals surface area contributed by atoms with E-state index in [9.17, 15) is 14.7 Å². The van der Waals surface area contributed by atoms with E-state index >= 15 is 0 Å². The third-order valence-corrected chi connectivity index (χ3v) is 5.95. The summed E-state index contributed by atoms with van der Waals surface area (Å²) >= 11 is 0. The van der Waals surface area contributed by atoms with Gasteiger partial charge in [0.05, 0.1) is 19.6 Å². The van der Waals surface area contributed by atoms with Gasteiger partial charge in [0.1, 0.15) is 11.5 Å². The number of carbonyl (C=O) groups excluding carboxylic acids is 1. The molecule has 0 saturated heterocycles. The molecule has 4 aromatic rings. The smallest absolute Gasteiger partial charge is 0.349 e. The lowest BCUT2D eigenvalue weighted by Crippen LogP contribution is -2.28. The average molecular weight is 529 g/mol. The summed E-state index contributed by atoms with van der Waals surface area (Å²) < 4.78 is 26.4. The number of furan rings is 2. The molecule has 0 bridgehead atoms. The number of carbonyl (C=O) groups is 2. The number of carboxylic acids is 1. The summed E-state index contributed by atoms with van der Waals surface area (Å²) in [5, 5.41) is 9.21. The standard InChI is InChI=1S/C15H13NO4.C14H11NO4/c1-18-15(17)13-12(11-8-5-9-19-11)16-14(20-13)10-6-3-2-4-7-10;16-14(17)12-11(10-7-4-8-18-10)15-13(19-12)9-5-2-1-3-6-9/h2-9,12-13H,1H3;1-8,11-12H,(H,16,17)/t12-,13+;11-,12+/m00/s1. The Morgan fingerprint density at radius 1 is 0.692 bits per heavy atom. The molecule has 2 aliphatic rings. The van der Waals surface area contributed by atoms with Crippen LogP contribution in [0.15, 0.2) is 116 Å². The van der Waals surface area contributed by atoms with Gasteiger partial charge in [0.2, 0.25) is 24.0 Å². The van der Waals surface area contributed by atoms with Crippen molar-refractivity contribution >= 4 is 23.7 Å². The van der Waals surface area contributed by atoms with Gasteiger partial charge in [-0.25, -0.2) is 19.6 Å². The summed E-state index contributed by atoms with van der Waals surface area (Å²) in [6.45, 7) is 0. The van der Waals surface area contributed by atoms with E-state index < -0.39 is 36.2 Å². The van der Waals surface area contributed by atoms with Crippen molar-refractivity contribution in [3.63, 3.8) is 0 Å². The van der Waals surface area contributed by atoms with Gasteiger partial charge in [-0.05, 0) is 48.5 Å². The number of nitrogens with zero attached hydrogens (tertiary/aromatic N) is 2. The summed E-state index contributed by atoms with van der Waals surface area (Å²) in [5.74, 6) is 0.277. The Morgan fingerprint density at radius 3 is 1.56 bits per heavy atom. The first-order valence-corrected chi connectivity index (χ1v) is 12.0. The van der Waals surface area contributed by atoms with Crippen LogP contribution in [0.3, 0.4) is 0 Å². The van der Waals surface area contributed by atoms with Crippen LogP contribution in [-0.4, -0.2) is 48.2 Å². The molecule has 10 nitrogen and oxygen atoms in total. The predicted octanol–water partition coefficient (Wildman–Crippen LogP) is 4.59. The molecule has 0 spiro atoms. The van der Waals surface area contributed by atoms with Crippen LogP contribution in [0.25, 0.3) is 0 Å². The van der Waals surface area contributed by atoms with Crippen LogP contribution >= 0.6 is 0 Å². The molecule has 0 aliphatic carbocycles. The van der Waals surface area contributed by atoms with Gasteiger partial charge in [-0.1, -0.05) is 36.4 Å². The van der Waals surface area contributed by atoms with Gasteiger partial charge < -0.3 is 28.2 Å². The minimum atomic E-state index is -1.06. The maximum absolute atomic E-state index is 11.8. The van der Waals surface area contributed by atoms with Crippen LogP contribution in [0.5, 0.6) is 0 Å². The number of carboxylic acid groups (broad SMARTS) is 1. The molecule has 198 valence electrons. The Labute approximate surface area is 223 Å². The molecule has 0 amide bonds. The normalized spacial score (nSPS) is 21.5. The average Bonchev–Trinajstić information content (AvgIpc) is 3.79. The quantitative estimate of drug-likeness (QED) is 0.359.